The molecule has 2 amide bonds. The van der Waals surface area contributed by atoms with Crippen molar-refractivity contribution in [3.63, 3.8) is 0 Å². The van der Waals surface area contributed by atoms with E-state index in [2.05, 4.69) is 15.6 Å². The summed E-state index contributed by atoms with van der Waals surface area (Å²) in [5, 5.41) is 16.4. The number of rotatable bonds is 5. The van der Waals surface area contributed by atoms with Crippen molar-refractivity contribution in [3.8, 4) is 0 Å². The minimum Gasteiger partial charge on any atom is -0.358 e. The number of carbonyl (C=O) groups is 2. The van der Waals surface area contributed by atoms with Gasteiger partial charge in [0.05, 0.1) is 0 Å². The zero-order valence-electron chi connectivity index (χ0n) is 14.3. The highest BCUT2D eigenvalue weighted by Gasteiger charge is 2.16. The number of carbonyl (C=O) groups excluding carboxylic acids is 2. The fourth-order valence-electron chi connectivity index (χ4n) is 2.90. The molecule has 2 aromatic rings. The first-order valence-electron chi connectivity index (χ1n) is 8.33. The number of benzene rings is 1. The topological polar surface area (TPSA) is 119 Å². The van der Waals surface area contributed by atoms with Crippen LogP contribution in [0.2, 0.25) is 0 Å². The molecule has 0 aliphatic carbocycles. The molecule has 9 heteroatoms. The van der Waals surface area contributed by atoms with Crippen LogP contribution in [0, 0.1) is 17.0 Å². The smallest absolute Gasteiger partial charge is 0.358 e. The first kappa shape index (κ1) is 17.6. The quantitative estimate of drug-likeness (QED) is 0.629. The third kappa shape index (κ3) is 4.05. The van der Waals surface area contributed by atoms with Gasteiger partial charge in [0.15, 0.2) is 0 Å². The van der Waals surface area contributed by atoms with Crippen LogP contribution in [0.5, 0.6) is 0 Å². The molecule has 1 aliphatic heterocycles. The van der Waals surface area contributed by atoms with Crippen LogP contribution >= 0.6 is 0 Å². The molecule has 2 heterocycles. The monoisotopic (exact) mass is 357 g/mol. The van der Waals surface area contributed by atoms with E-state index < -0.39 is 4.92 Å². The minimum absolute atomic E-state index is 0.00494. The van der Waals surface area contributed by atoms with Crippen molar-refractivity contribution in [2.75, 3.05) is 10.6 Å². The number of fused-ring (bicyclic) bond motifs is 1. The number of nitro groups is 1. The van der Waals surface area contributed by atoms with Gasteiger partial charge < -0.3 is 25.3 Å². The first-order chi connectivity index (χ1) is 12.4. The molecule has 0 saturated carbocycles. The second-order valence-corrected chi connectivity index (χ2v) is 6.17. The molecule has 1 aliphatic rings. The average Bonchev–Trinajstić information content (AvgIpc) is 2.86. The lowest BCUT2D eigenvalue weighted by atomic mass is 10.1. The van der Waals surface area contributed by atoms with E-state index in [1.165, 1.54) is 6.20 Å². The SMILES string of the molecule is Cc1nc([N+](=O)[O-])cn1CCC(=O)Nc1ccc2c(c1)CCCC(=O)N2. The number of hydrogen-bond donors (Lipinski definition) is 2. The lowest BCUT2D eigenvalue weighted by molar-refractivity contribution is -0.389. The van der Waals surface area contributed by atoms with Gasteiger partial charge in [-0.25, -0.2) is 0 Å². The summed E-state index contributed by atoms with van der Waals surface area (Å²) in [6.45, 7) is 1.96. The van der Waals surface area contributed by atoms with Gasteiger partial charge in [-0.2, -0.15) is 0 Å². The van der Waals surface area contributed by atoms with Crippen molar-refractivity contribution in [2.24, 2.45) is 0 Å². The van der Waals surface area contributed by atoms with Gasteiger partial charge in [-0.15, -0.1) is 0 Å². The summed E-state index contributed by atoms with van der Waals surface area (Å²) in [6, 6.07) is 5.40. The van der Waals surface area contributed by atoms with Crippen molar-refractivity contribution in [3.05, 3.63) is 45.9 Å². The zero-order valence-corrected chi connectivity index (χ0v) is 14.3. The number of aryl methyl sites for hydroxylation is 3. The van der Waals surface area contributed by atoms with E-state index >= 15 is 0 Å². The van der Waals surface area contributed by atoms with E-state index in [-0.39, 0.29) is 24.1 Å². The predicted octanol–water partition coefficient (Wildman–Crippen LogP) is 2.40. The third-order valence-corrected chi connectivity index (χ3v) is 4.24. The Kier molecular flexibility index (Phi) is 4.97. The van der Waals surface area contributed by atoms with Crippen LogP contribution in [0.1, 0.15) is 30.7 Å². The Balaban J connectivity index is 1.61. The largest absolute Gasteiger partial charge is 0.381 e. The summed E-state index contributed by atoms with van der Waals surface area (Å²) in [4.78, 5) is 37.8. The normalized spacial score (nSPS) is 13.5. The van der Waals surface area contributed by atoms with Gasteiger partial charge in [-0.05, 0) is 46.5 Å². The second kappa shape index (κ2) is 7.34. The maximum atomic E-state index is 12.2. The fraction of sp³-hybridized carbons (Fsp3) is 0.353. The predicted molar refractivity (Wildman–Crippen MR) is 94.9 cm³/mol. The number of nitrogens with zero attached hydrogens (tertiary/aromatic N) is 3. The zero-order chi connectivity index (χ0) is 18.7. The summed E-state index contributed by atoms with van der Waals surface area (Å²) >= 11 is 0. The molecule has 26 heavy (non-hydrogen) atoms. The van der Waals surface area contributed by atoms with E-state index in [0.717, 1.165) is 24.1 Å². The van der Waals surface area contributed by atoms with Crippen molar-refractivity contribution >= 4 is 29.0 Å². The first-order valence-corrected chi connectivity index (χ1v) is 8.33. The lowest BCUT2D eigenvalue weighted by Gasteiger charge is -2.10. The number of aromatic nitrogens is 2. The van der Waals surface area contributed by atoms with Crippen LogP contribution in [-0.4, -0.2) is 26.3 Å². The summed E-state index contributed by atoms with van der Waals surface area (Å²) in [5.74, 6) is 0.0738. The maximum absolute atomic E-state index is 12.2. The molecule has 9 nitrogen and oxygen atoms in total. The van der Waals surface area contributed by atoms with Gasteiger partial charge in [-0.3, -0.25) is 9.59 Å². The summed E-state index contributed by atoms with van der Waals surface area (Å²) in [6.07, 6.45) is 3.53. The van der Waals surface area contributed by atoms with E-state index in [1.54, 1.807) is 23.6 Å². The molecule has 0 bridgehead atoms. The molecule has 136 valence electrons. The molecule has 0 spiro atoms. The van der Waals surface area contributed by atoms with Crippen molar-refractivity contribution in [1.82, 2.24) is 9.55 Å². The third-order valence-electron chi connectivity index (χ3n) is 4.24. The highest BCUT2D eigenvalue weighted by atomic mass is 16.6. The number of hydrogen-bond acceptors (Lipinski definition) is 5. The summed E-state index contributed by atoms with van der Waals surface area (Å²) in [5.41, 5.74) is 2.44. The fourth-order valence-corrected chi connectivity index (χ4v) is 2.90. The van der Waals surface area contributed by atoms with Gasteiger partial charge in [0.25, 0.3) is 0 Å². The number of anilines is 2. The Morgan fingerprint density at radius 2 is 2.23 bits per heavy atom. The number of nitrogens with one attached hydrogen (secondary N) is 2. The molecule has 0 unspecified atom stereocenters. The van der Waals surface area contributed by atoms with Crippen molar-refractivity contribution in [2.45, 2.75) is 39.2 Å². The summed E-state index contributed by atoms with van der Waals surface area (Å²) < 4.78 is 1.59. The van der Waals surface area contributed by atoms with Gasteiger partial charge in [0.2, 0.25) is 17.6 Å². The van der Waals surface area contributed by atoms with Gasteiger partial charge >= 0.3 is 5.82 Å². The molecule has 0 saturated heterocycles. The van der Waals surface area contributed by atoms with Crippen LogP contribution in [0.4, 0.5) is 17.2 Å². The van der Waals surface area contributed by atoms with Crippen molar-refractivity contribution < 1.29 is 14.5 Å². The van der Waals surface area contributed by atoms with Gasteiger partial charge in [0, 0.05) is 37.7 Å². The molecule has 1 aromatic carbocycles. The van der Waals surface area contributed by atoms with Gasteiger partial charge in [0.1, 0.15) is 6.20 Å². The molecule has 1 aromatic heterocycles. The Bertz CT molecular complexity index is 874. The van der Waals surface area contributed by atoms with Crippen molar-refractivity contribution in [1.29, 1.82) is 0 Å². The van der Waals surface area contributed by atoms with E-state index in [0.29, 0.717) is 24.5 Å². The average molecular weight is 357 g/mol. The second-order valence-electron chi connectivity index (χ2n) is 6.17. The highest BCUT2D eigenvalue weighted by Crippen LogP contribution is 2.25. The molecule has 3 rings (SSSR count). The molecule has 0 radical (unpaired) electrons. The van der Waals surface area contributed by atoms with Crippen LogP contribution in [0.15, 0.2) is 24.4 Å². The minimum atomic E-state index is -0.558. The molecule has 0 atom stereocenters. The summed E-state index contributed by atoms with van der Waals surface area (Å²) in [7, 11) is 0. The lowest BCUT2D eigenvalue weighted by Crippen LogP contribution is -2.15. The molecular weight excluding hydrogens is 338 g/mol. The Hall–Kier alpha value is -3.23. The van der Waals surface area contributed by atoms with E-state index in [4.69, 9.17) is 0 Å². The van der Waals surface area contributed by atoms with Crippen LogP contribution in [0.25, 0.3) is 0 Å². The van der Waals surface area contributed by atoms with E-state index in [9.17, 15) is 19.7 Å². The Labute approximate surface area is 149 Å². The Morgan fingerprint density at radius 3 is 2.96 bits per heavy atom. The van der Waals surface area contributed by atoms with E-state index in [1.807, 2.05) is 6.07 Å². The molecular formula is C17H19N5O4. The molecule has 2 N–H and O–H groups in total. The Morgan fingerprint density at radius 1 is 1.42 bits per heavy atom. The van der Waals surface area contributed by atoms with Crippen LogP contribution in [-0.2, 0) is 22.6 Å². The maximum Gasteiger partial charge on any atom is 0.381 e. The van der Waals surface area contributed by atoms with Gasteiger partial charge in [-0.1, -0.05) is 0 Å². The highest BCUT2D eigenvalue weighted by molar-refractivity contribution is 5.94. The standard InChI is InChI=1S/C17H19N5O4/c1-11-18-15(22(25)26)10-21(11)8-7-17(24)19-13-5-6-14-12(9-13)3-2-4-16(23)20-14/h5-6,9-10H,2-4,7-8H2,1H3,(H,19,24)(H,20,23). The molecule has 0 fully saturated rings. The number of imidazole rings is 1. The van der Waals surface area contributed by atoms with Crippen LogP contribution in [0.3, 0.4) is 0 Å². The number of amides is 2. The van der Waals surface area contributed by atoms with Crippen LogP contribution < -0.4 is 10.6 Å².